The van der Waals surface area contributed by atoms with Gasteiger partial charge in [0.15, 0.2) is 0 Å². The number of pyridine rings is 1. The largest absolute Gasteiger partial charge is 0.382 e. The molecular formula is C18H16N8O2. The molecule has 2 aromatic heterocycles. The number of hydrogen-bond donors (Lipinski definition) is 2. The topological polar surface area (TPSA) is 124 Å². The number of nitrogens with one attached hydrogen (secondary N) is 2. The van der Waals surface area contributed by atoms with Gasteiger partial charge in [0.2, 0.25) is 5.95 Å². The molecule has 10 heteroatoms. The highest BCUT2D eigenvalue weighted by atomic mass is 16.6. The van der Waals surface area contributed by atoms with Gasteiger partial charge in [0.05, 0.1) is 21.7 Å². The van der Waals surface area contributed by atoms with Crippen LogP contribution < -0.4 is 10.6 Å². The number of hydrogen-bond acceptors (Lipinski definition) is 8. The Hall–Kier alpha value is -4.08. The van der Waals surface area contributed by atoms with Crippen molar-refractivity contribution in [3.8, 4) is 5.69 Å². The molecule has 0 unspecified atom stereocenters. The number of nitro groups is 1. The maximum atomic E-state index is 11.2. The Bertz CT molecular complexity index is 1110. The maximum absolute atomic E-state index is 11.2. The second-order valence-electron chi connectivity index (χ2n) is 5.89. The molecule has 2 N–H and O–H groups in total. The van der Waals surface area contributed by atoms with E-state index >= 15 is 0 Å². The van der Waals surface area contributed by atoms with Gasteiger partial charge in [-0.05, 0) is 40.8 Å². The predicted molar refractivity (Wildman–Crippen MR) is 105 cm³/mol. The number of nitrogens with zero attached hydrogens (tertiary/aromatic N) is 6. The highest BCUT2D eigenvalue weighted by molar-refractivity contribution is 5.96. The van der Waals surface area contributed by atoms with Gasteiger partial charge in [0, 0.05) is 25.4 Å². The van der Waals surface area contributed by atoms with E-state index in [9.17, 15) is 10.1 Å². The summed E-state index contributed by atoms with van der Waals surface area (Å²) in [5.41, 5.74) is 2.18. The Morgan fingerprint density at radius 3 is 2.64 bits per heavy atom. The second kappa shape index (κ2) is 7.66. The van der Waals surface area contributed by atoms with Gasteiger partial charge in [0.1, 0.15) is 5.52 Å². The van der Waals surface area contributed by atoms with Crippen molar-refractivity contribution in [2.75, 3.05) is 23.7 Å². The quantitative estimate of drug-likeness (QED) is 0.287. The van der Waals surface area contributed by atoms with E-state index in [4.69, 9.17) is 0 Å². The van der Waals surface area contributed by atoms with Crippen molar-refractivity contribution >= 4 is 28.2 Å². The molecule has 0 aliphatic heterocycles. The lowest BCUT2D eigenvalue weighted by Gasteiger charge is -2.10. The van der Waals surface area contributed by atoms with Crippen LogP contribution in [0.3, 0.4) is 0 Å². The van der Waals surface area contributed by atoms with E-state index in [0.29, 0.717) is 29.9 Å². The first kappa shape index (κ1) is 17.3. The summed E-state index contributed by atoms with van der Waals surface area (Å²) >= 11 is 0. The summed E-state index contributed by atoms with van der Waals surface area (Å²) in [5, 5.41) is 29.8. The first-order valence-corrected chi connectivity index (χ1v) is 8.58. The van der Waals surface area contributed by atoms with Crippen molar-refractivity contribution in [1.82, 2.24) is 25.2 Å². The highest BCUT2D eigenvalue weighted by Crippen LogP contribution is 2.29. The molecule has 0 bridgehead atoms. The SMILES string of the molecule is O=[N+]([O-])c1ccc(NCCNc2nnnn2-c2ccccc2)c2ncccc12. The van der Waals surface area contributed by atoms with Crippen molar-refractivity contribution < 1.29 is 4.92 Å². The van der Waals surface area contributed by atoms with E-state index in [1.807, 2.05) is 30.3 Å². The van der Waals surface area contributed by atoms with Crippen LogP contribution in [-0.2, 0) is 0 Å². The number of fused-ring (bicyclic) bond motifs is 1. The monoisotopic (exact) mass is 376 g/mol. The van der Waals surface area contributed by atoms with Crippen molar-refractivity contribution in [2.45, 2.75) is 0 Å². The van der Waals surface area contributed by atoms with Gasteiger partial charge < -0.3 is 10.6 Å². The summed E-state index contributed by atoms with van der Waals surface area (Å²) in [6.45, 7) is 1.09. The average molecular weight is 376 g/mol. The number of anilines is 2. The summed E-state index contributed by atoms with van der Waals surface area (Å²) in [6, 6.07) is 16.1. The first-order valence-electron chi connectivity index (χ1n) is 8.58. The van der Waals surface area contributed by atoms with Crippen LogP contribution in [0.5, 0.6) is 0 Å². The fourth-order valence-corrected chi connectivity index (χ4v) is 2.87. The van der Waals surface area contributed by atoms with Crippen LogP contribution in [0.1, 0.15) is 0 Å². The van der Waals surface area contributed by atoms with Gasteiger partial charge >= 0.3 is 0 Å². The molecular weight excluding hydrogens is 360 g/mol. The van der Waals surface area contributed by atoms with Crippen molar-refractivity contribution in [3.63, 3.8) is 0 Å². The van der Waals surface area contributed by atoms with E-state index in [0.717, 1.165) is 11.4 Å². The molecule has 140 valence electrons. The minimum absolute atomic E-state index is 0.0359. The zero-order valence-electron chi connectivity index (χ0n) is 14.7. The highest BCUT2D eigenvalue weighted by Gasteiger charge is 2.14. The van der Waals surface area contributed by atoms with E-state index in [1.54, 1.807) is 29.1 Å². The molecule has 0 atom stereocenters. The van der Waals surface area contributed by atoms with Crippen LogP contribution in [0.25, 0.3) is 16.6 Å². The van der Waals surface area contributed by atoms with Gasteiger partial charge in [-0.3, -0.25) is 15.1 Å². The lowest BCUT2D eigenvalue weighted by molar-refractivity contribution is -0.383. The Morgan fingerprint density at radius 2 is 1.82 bits per heavy atom. The molecule has 0 spiro atoms. The van der Waals surface area contributed by atoms with Crippen LogP contribution in [0.2, 0.25) is 0 Å². The molecule has 28 heavy (non-hydrogen) atoms. The number of para-hydroxylation sites is 1. The van der Waals surface area contributed by atoms with Gasteiger partial charge in [-0.25, -0.2) is 0 Å². The summed E-state index contributed by atoms with van der Waals surface area (Å²) in [4.78, 5) is 15.1. The van der Waals surface area contributed by atoms with Gasteiger partial charge in [-0.1, -0.05) is 23.3 Å². The summed E-state index contributed by atoms with van der Waals surface area (Å²) < 4.78 is 1.61. The molecule has 4 rings (SSSR count). The number of aromatic nitrogens is 5. The second-order valence-corrected chi connectivity index (χ2v) is 5.89. The number of tetrazole rings is 1. The van der Waals surface area contributed by atoms with Gasteiger partial charge in [-0.2, -0.15) is 4.68 Å². The number of nitro benzene ring substituents is 1. The van der Waals surface area contributed by atoms with Crippen molar-refractivity contribution in [2.24, 2.45) is 0 Å². The minimum atomic E-state index is -0.404. The molecule has 0 aliphatic rings. The fraction of sp³-hybridized carbons (Fsp3) is 0.111. The molecule has 0 radical (unpaired) electrons. The molecule has 0 fully saturated rings. The van der Waals surface area contributed by atoms with E-state index in [2.05, 4.69) is 31.1 Å². The Morgan fingerprint density at radius 1 is 1.00 bits per heavy atom. The van der Waals surface area contributed by atoms with E-state index < -0.39 is 4.92 Å². The van der Waals surface area contributed by atoms with Gasteiger partial charge in [0.25, 0.3) is 5.69 Å². The molecule has 2 heterocycles. The van der Waals surface area contributed by atoms with Crippen LogP contribution in [0.15, 0.2) is 60.8 Å². The third-order valence-corrected chi connectivity index (χ3v) is 4.14. The summed E-state index contributed by atoms with van der Waals surface area (Å²) in [6.07, 6.45) is 1.61. The van der Waals surface area contributed by atoms with Crippen LogP contribution in [0, 0.1) is 10.1 Å². The van der Waals surface area contributed by atoms with Crippen molar-refractivity contribution in [3.05, 3.63) is 70.9 Å². The fourth-order valence-electron chi connectivity index (χ4n) is 2.87. The Labute approximate surface area is 159 Å². The molecule has 0 amide bonds. The summed E-state index contributed by atoms with van der Waals surface area (Å²) in [7, 11) is 0. The molecule has 0 saturated carbocycles. The molecule has 0 saturated heterocycles. The van der Waals surface area contributed by atoms with Gasteiger partial charge in [-0.15, -0.1) is 0 Å². The standard InChI is InChI=1S/C18H16N8O2/c27-26(28)16-9-8-15(17-14(16)7-4-10-20-17)19-11-12-21-18-22-23-24-25(18)13-5-2-1-3-6-13/h1-10,19H,11-12H2,(H,21,22,24). The molecule has 0 aliphatic carbocycles. The molecule has 4 aromatic rings. The van der Waals surface area contributed by atoms with Crippen LogP contribution in [-0.4, -0.2) is 43.2 Å². The predicted octanol–water partition coefficient (Wildman–Crippen LogP) is 2.64. The molecule has 10 nitrogen and oxygen atoms in total. The number of benzene rings is 2. The number of rotatable bonds is 7. The van der Waals surface area contributed by atoms with E-state index in [-0.39, 0.29) is 5.69 Å². The third-order valence-electron chi connectivity index (χ3n) is 4.14. The van der Waals surface area contributed by atoms with E-state index in [1.165, 1.54) is 6.07 Å². The Balaban J connectivity index is 1.44. The first-order chi connectivity index (χ1) is 13.7. The zero-order chi connectivity index (χ0) is 19.3. The van der Waals surface area contributed by atoms with Crippen LogP contribution in [0.4, 0.5) is 17.3 Å². The Kier molecular flexibility index (Phi) is 4.74. The minimum Gasteiger partial charge on any atom is -0.382 e. The van der Waals surface area contributed by atoms with Crippen molar-refractivity contribution in [1.29, 1.82) is 0 Å². The lowest BCUT2D eigenvalue weighted by Crippen LogP contribution is -2.16. The smallest absolute Gasteiger partial charge is 0.278 e. The summed E-state index contributed by atoms with van der Waals surface area (Å²) in [5.74, 6) is 0.527. The normalized spacial score (nSPS) is 10.7. The number of non-ortho nitro benzene ring substituents is 1. The zero-order valence-corrected chi connectivity index (χ0v) is 14.7. The third kappa shape index (κ3) is 3.43. The molecule has 2 aromatic carbocycles. The average Bonchev–Trinajstić information content (AvgIpc) is 3.20. The lowest BCUT2D eigenvalue weighted by atomic mass is 10.1. The van der Waals surface area contributed by atoms with Crippen LogP contribution >= 0.6 is 0 Å². The maximum Gasteiger partial charge on any atom is 0.278 e.